The number of hydrogen-bond donors (Lipinski definition) is 4. The van der Waals surface area contributed by atoms with Gasteiger partial charge in [-0.2, -0.15) is 0 Å². The third-order valence-corrected chi connectivity index (χ3v) is 13.0. The first-order valence-corrected chi connectivity index (χ1v) is 22.6. The highest BCUT2D eigenvalue weighted by Gasteiger charge is 2.43. The average Bonchev–Trinajstić information content (AvgIpc) is 3.53. The number of thiazole rings is 1. The highest BCUT2D eigenvalue weighted by Crippen LogP contribution is 2.43. The number of nitrogens with two attached hydrogens (primary N) is 2. The van der Waals surface area contributed by atoms with Gasteiger partial charge in [-0.05, 0) is 73.6 Å². The maximum atomic E-state index is 14.5. The van der Waals surface area contributed by atoms with E-state index in [-0.39, 0.29) is 49.4 Å². The minimum atomic E-state index is -0.707. The van der Waals surface area contributed by atoms with Crippen molar-refractivity contribution in [2.75, 3.05) is 13.2 Å². The molecule has 0 spiro atoms. The van der Waals surface area contributed by atoms with Crippen LogP contribution in [0.4, 0.5) is 0 Å². The van der Waals surface area contributed by atoms with Crippen molar-refractivity contribution < 1.29 is 19.4 Å². The highest BCUT2D eigenvalue weighted by atomic mass is 35.5. The number of aromatic nitrogens is 7. The number of aliphatic hydroxyl groups is 1. The van der Waals surface area contributed by atoms with Crippen LogP contribution in [0.3, 0.4) is 0 Å². The Kier molecular flexibility index (Phi) is 14.1. The quantitative estimate of drug-likeness (QED) is 0.0706. The summed E-state index contributed by atoms with van der Waals surface area (Å²) in [5.74, 6) is 0.381. The topological polar surface area (TPSA) is 205 Å². The van der Waals surface area contributed by atoms with Crippen molar-refractivity contribution in [3.8, 4) is 16.2 Å². The van der Waals surface area contributed by atoms with Crippen LogP contribution in [0.25, 0.3) is 10.4 Å². The van der Waals surface area contributed by atoms with E-state index in [0.29, 0.717) is 48.2 Å². The zero-order valence-corrected chi connectivity index (χ0v) is 37.5. The summed E-state index contributed by atoms with van der Waals surface area (Å²) in [5, 5.41) is 32.9. The average molecular weight is 885 g/mol. The number of aliphatic hydroxyl groups excluding tert-OH is 1. The first-order chi connectivity index (χ1) is 29.6. The summed E-state index contributed by atoms with van der Waals surface area (Å²) in [4.78, 5) is 33.1. The summed E-state index contributed by atoms with van der Waals surface area (Å²) in [5.41, 5.74) is 19.2. The predicted octanol–water partition coefficient (Wildman–Crippen LogP) is 6.07. The fraction of sp³-hybridized carbons (Fsp3) is 0.489. The Morgan fingerprint density at radius 1 is 1.10 bits per heavy atom. The van der Waals surface area contributed by atoms with Gasteiger partial charge in [0.15, 0.2) is 0 Å². The number of allylic oxidation sites excluding steroid dienone is 1. The fourth-order valence-corrected chi connectivity index (χ4v) is 9.26. The summed E-state index contributed by atoms with van der Waals surface area (Å²) in [7, 11) is 0. The number of nitrogens with one attached hydrogen (secondary N) is 1. The van der Waals surface area contributed by atoms with Gasteiger partial charge in [0.25, 0.3) is 0 Å². The molecule has 4 heterocycles. The molecule has 2 aliphatic rings. The van der Waals surface area contributed by atoms with Gasteiger partial charge in [0.1, 0.15) is 18.4 Å². The van der Waals surface area contributed by atoms with Crippen LogP contribution < -0.4 is 21.5 Å². The number of rotatable bonds is 20. The van der Waals surface area contributed by atoms with Crippen LogP contribution in [0.15, 0.2) is 72.6 Å². The molecule has 1 aliphatic heterocycles. The van der Waals surface area contributed by atoms with Crippen LogP contribution in [0, 0.1) is 12.3 Å². The van der Waals surface area contributed by atoms with Crippen LogP contribution in [0.2, 0.25) is 5.02 Å². The number of carbonyl (C=O) groups excluding carboxylic acids is 2. The number of amides is 2. The molecule has 7 rings (SSSR count). The monoisotopic (exact) mass is 883 g/mol. The van der Waals surface area contributed by atoms with Gasteiger partial charge < -0.3 is 31.5 Å². The minimum Gasteiger partial charge on any atom is -0.490 e. The van der Waals surface area contributed by atoms with Crippen molar-refractivity contribution in [3.63, 3.8) is 0 Å². The van der Waals surface area contributed by atoms with Gasteiger partial charge in [-0.25, -0.2) is 14.3 Å². The molecule has 1 saturated heterocycles. The van der Waals surface area contributed by atoms with Crippen molar-refractivity contribution in [1.82, 2.24) is 45.2 Å². The number of likely N-dealkylation sites (tertiary alicyclic amines) is 1. The lowest BCUT2D eigenvalue weighted by atomic mass is 9.84. The highest BCUT2D eigenvalue weighted by molar-refractivity contribution is 7.13. The smallest absolute Gasteiger partial charge is 0.243 e. The molecule has 2 aromatic carbocycles. The second-order valence-corrected chi connectivity index (χ2v) is 19.0. The zero-order chi connectivity index (χ0) is 44.1. The van der Waals surface area contributed by atoms with Crippen molar-refractivity contribution >= 4 is 34.8 Å². The number of aryl methyl sites for hydroxylation is 3. The summed E-state index contributed by atoms with van der Waals surface area (Å²) >= 11 is 8.32. The lowest BCUT2D eigenvalue weighted by molar-refractivity contribution is -0.126. The summed E-state index contributed by atoms with van der Waals surface area (Å²) < 4.78 is 9.53. The van der Waals surface area contributed by atoms with E-state index >= 15 is 0 Å². The van der Waals surface area contributed by atoms with E-state index < -0.39 is 24.1 Å². The molecule has 0 radical (unpaired) electrons. The Labute approximate surface area is 371 Å². The minimum absolute atomic E-state index is 0.200. The number of hydrogen-bond acceptors (Lipinski definition) is 12. The van der Waals surface area contributed by atoms with Crippen molar-refractivity contribution in [1.29, 1.82) is 0 Å². The third kappa shape index (κ3) is 11.1. The molecule has 6 N–H and O–H groups in total. The number of ether oxygens (including phenoxy) is 1. The number of nitrogens with zero attached hydrogens (tertiary/aromatic N) is 8. The molecule has 5 aromatic rings. The second-order valence-electron chi connectivity index (χ2n) is 17.8. The largest absolute Gasteiger partial charge is 0.490 e. The molecule has 62 heavy (non-hydrogen) atoms. The Hall–Kier alpha value is -5.16. The van der Waals surface area contributed by atoms with Gasteiger partial charge in [0, 0.05) is 49.4 Å². The Bertz CT molecular complexity index is 2330. The first-order valence-electron chi connectivity index (χ1n) is 21.3. The lowest BCUT2D eigenvalue weighted by Gasteiger charge is -2.38. The van der Waals surface area contributed by atoms with Crippen LogP contribution in [0.1, 0.15) is 106 Å². The molecular formula is C45H58ClN11O4S. The summed E-state index contributed by atoms with van der Waals surface area (Å²) in [6.45, 7) is 13.7. The van der Waals surface area contributed by atoms with E-state index in [4.69, 9.17) is 27.8 Å². The normalized spacial score (nSPS) is 18.1. The lowest BCUT2D eigenvalue weighted by Crippen LogP contribution is -2.46. The van der Waals surface area contributed by atoms with Gasteiger partial charge in [0.05, 0.1) is 57.2 Å². The van der Waals surface area contributed by atoms with Gasteiger partial charge >= 0.3 is 0 Å². The molecule has 15 nitrogen and oxygen atoms in total. The number of primary amides is 1. The number of carbonyl (C=O) groups is 2. The second kappa shape index (κ2) is 19.5. The van der Waals surface area contributed by atoms with Gasteiger partial charge in [-0.3, -0.25) is 9.59 Å². The number of β-amino-alcohol motifs (C(OH)–C–C–N with tert-alkyl or cyclic N) is 1. The molecule has 2 amide bonds. The van der Waals surface area contributed by atoms with Gasteiger partial charge in [0.2, 0.25) is 11.8 Å². The Morgan fingerprint density at radius 2 is 1.87 bits per heavy atom. The van der Waals surface area contributed by atoms with E-state index in [9.17, 15) is 14.7 Å². The van der Waals surface area contributed by atoms with Gasteiger partial charge in [-0.1, -0.05) is 85.8 Å². The Morgan fingerprint density at radius 3 is 2.56 bits per heavy atom. The van der Waals surface area contributed by atoms with Crippen molar-refractivity contribution in [2.24, 2.45) is 16.9 Å². The predicted molar refractivity (Wildman–Crippen MR) is 239 cm³/mol. The van der Waals surface area contributed by atoms with E-state index in [2.05, 4.69) is 70.4 Å². The molecule has 330 valence electrons. The summed E-state index contributed by atoms with van der Waals surface area (Å²) in [6, 6.07) is 12.1. The van der Waals surface area contributed by atoms with Crippen molar-refractivity contribution in [3.05, 3.63) is 106 Å². The van der Waals surface area contributed by atoms with Crippen LogP contribution >= 0.6 is 22.9 Å². The van der Waals surface area contributed by atoms with E-state index in [0.717, 1.165) is 57.9 Å². The van der Waals surface area contributed by atoms with Gasteiger partial charge in [-0.15, -0.1) is 21.5 Å². The summed E-state index contributed by atoms with van der Waals surface area (Å²) in [6.07, 6.45) is 8.45. The standard InChI is InChI=1S/C45H58ClN11O4S/c1-27-42(62-26-49-27)32-16-14-29(15-17-32)36(23-55-21-34(51-53-55)10-6-8-31-9-7-11-39(41(31)46)61-25-33(47)18-19-40(48)59)50-44(60)38-20-35(58)22-56(38)28(2)43(45(3,4)5)57-24-37(52-54-57)30-12-13-30/h7,9,11,14-17,21,24,26,30,33,35-36,38,43,58H,2,6,8,10,12-13,18-20,22-23,25,47H2,1,3-5H3,(H2,48,59)(H,50,60)/t33-,35+,36-,38-,43?/m0/s1. The zero-order valence-electron chi connectivity index (χ0n) is 35.9. The van der Waals surface area contributed by atoms with E-state index in [1.807, 2.05) is 58.7 Å². The maximum absolute atomic E-state index is 14.5. The molecule has 0 bridgehead atoms. The molecular weight excluding hydrogens is 826 g/mol. The molecule has 1 unspecified atom stereocenters. The van der Waals surface area contributed by atoms with Crippen LogP contribution in [-0.4, -0.2) is 88.1 Å². The number of benzene rings is 2. The maximum Gasteiger partial charge on any atom is 0.243 e. The third-order valence-electron chi connectivity index (χ3n) is 11.6. The molecule has 1 saturated carbocycles. The van der Waals surface area contributed by atoms with Crippen LogP contribution in [-0.2, 0) is 29.0 Å². The Balaban J connectivity index is 1.04. The van der Waals surface area contributed by atoms with E-state index in [1.54, 1.807) is 22.1 Å². The molecule has 3 aromatic heterocycles. The molecule has 17 heteroatoms. The number of halogens is 1. The molecule has 1 aliphatic carbocycles. The SMILES string of the molecule is C=C(C(n1cc(C2CC2)nn1)C(C)(C)C)N1C[C@H](O)C[C@H]1C(=O)N[C@@H](Cn1cc(CCCc2cccc(OC[C@@H](N)CCC(N)=O)c2Cl)nn1)c1ccc(-c2scnc2C)cc1. The van der Waals surface area contributed by atoms with Crippen LogP contribution in [0.5, 0.6) is 5.75 Å². The molecule has 2 fully saturated rings. The first kappa shape index (κ1) is 44.9. The van der Waals surface area contributed by atoms with Crippen molar-refractivity contribution in [2.45, 2.75) is 122 Å². The fourth-order valence-electron chi connectivity index (χ4n) is 8.17. The van der Waals surface area contributed by atoms with E-state index in [1.165, 1.54) is 0 Å². The molecule has 5 atom stereocenters.